The van der Waals surface area contributed by atoms with Crippen molar-refractivity contribution in [1.82, 2.24) is 9.13 Å². The van der Waals surface area contributed by atoms with Crippen molar-refractivity contribution in [3.63, 3.8) is 0 Å². The van der Waals surface area contributed by atoms with Gasteiger partial charge in [0.1, 0.15) is 0 Å². The van der Waals surface area contributed by atoms with Gasteiger partial charge in [-0.3, -0.25) is 19.2 Å². The Morgan fingerprint density at radius 1 is 0.455 bits per heavy atom. The first-order valence-corrected chi connectivity index (χ1v) is 13.7. The molecule has 2 aromatic heterocycles. The Labute approximate surface area is 247 Å². The normalized spacial score (nSPS) is 13.4. The Bertz CT molecular complexity index is 1920. The standard InChI is InChI=1S/C33H29F5N2O4/c1-30(2,3)24-20-21(27(42)39(26(20)41)18-12-8-16(9-13-18)32(7,34)35)25(31(4,5)6)23-22(24)28(43)40(29(23)44)19-14-10-17(11-15-19)33(36,37)38/h8-15H,1-7H3. The van der Waals surface area contributed by atoms with E-state index in [-0.39, 0.29) is 49.6 Å². The van der Waals surface area contributed by atoms with Gasteiger partial charge in [0.2, 0.25) is 0 Å². The molecule has 3 aromatic carbocycles. The maximum Gasteiger partial charge on any atom is 0.416 e. The van der Waals surface area contributed by atoms with Crippen molar-refractivity contribution in [3.8, 4) is 11.4 Å². The number of hydrogen-bond acceptors (Lipinski definition) is 4. The molecule has 0 atom stereocenters. The third-order valence-electron chi connectivity index (χ3n) is 7.75. The lowest BCUT2D eigenvalue weighted by atomic mass is 9.76. The zero-order chi connectivity index (χ0) is 32.9. The summed E-state index contributed by atoms with van der Waals surface area (Å²) in [5, 5.41) is -0.358. The van der Waals surface area contributed by atoms with Crippen LogP contribution in [0, 0.1) is 0 Å². The van der Waals surface area contributed by atoms with E-state index in [1.807, 2.05) is 0 Å². The first-order valence-electron chi connectivity index (χ1n) is 13.7. The van der Waals surface area contributed by atoms with E-state index in [2.05, 4.69) is 0 Å². The van der Waals surface area contributed by atoms with E-state index < -0.39 is 50.7 Å². The van der Waals surface area contributed by atoms with Gasteiger partial charge >= 0.3 is 6.18 Å². The van der Waals surface area contributed by atoms with E-state index in [0.717, 1.165) is 52.5 Å². The molecule has 5 rings (SSSR count). The average Bonchev–Trinajstić information content (AvgIpc) is 3.29. The summed E-state index contributed by atoms with van der Waals surface area (Å²) in [7, 11) is 0. The fourth-order valence-electron chi connectivity index (χ4n) is 5.91. The highest BCUT2D eigenvalue weighted by Gasteiger charge is 2.37. The molecule has 5 aromatic rings. The molecule has 0 unspecified atom stereocenters. The zero-order valence-electron chi connectivity index (χ0n) is 25.0. The number of halogens is 5. The number of rotatable bonds is 3. The molecule has 230 valence electrons. The smallest absolute Gasteiger partial charge is 0.268 e. The van der Waals surface area contributed by atoms with Crippen molar-refractivity contribution in [2.75, 3.05) is 0 Å². The van der Waals surface area contributed by atoms with Gasteiger partial charge in [-0.15, -0.1) is 0 Å². The molecular formula is C33H29F5N2O4. The quantitative estimate of drug-likeness (QED) is 0.215. The van der Waals surface area contributed by atoms with Crippen LogP contribution in [-0.4, -0.2) is 9.13 Å². The van der Waals surface area contributed by atoms with Gasteiger partial charge in [0.05, 0.1) is 38.5 Å². The van der Waals surface area contributed by atoms with Gasteiger partial charge in [-0.2, -0.15) is 13.2 Å². The van der Waals surface area contributed by atoms with Crippen molar-refractivity contribution in [2.45, 2.75) is 71.4 Å². The Kier molecular flexibility index (Phi) is 6.73. The Hall–Kier alpha value is -4.41. The van der Waals surface area contributed by atoms with Crippen LogP contribution >= 0.6 is 0 Å². The molecule has 0 saturated carbocycles. The van der Waals surface area contributed by atoms with E-state index >= 15 is 0 Å². The van der Waals surface area contributed by atoms with E-state index in [4.69, 9.17) is 0 Å². The molecule has 0 N–H and O–H groups in total. The summed E-state index contributed by atoms with van der Waals surface area (Å²) in [5.41, 5.74) is -6.26. The van der Waals surface area contributed by atoms with Crippen LogP contribution in [0.25, 0.3) is 32.9 Å². The third kappa shape index (κ3) is 4.69. The van der Waals surface area contributed by atoms with Crippen molar-refractivity contribution in [2.24, 2.45) is 0 Å². The van der Waals surface area contributed by atoms with Crippen molar-refractivity contribution < 1.29 is 22.0 Å². The predicted octanol–water partition coefficient (Wildman–Crippen LogP) is 6.62. The van der Waals surface area contributed by atoms with Crippen LogP contribution in [0.4, 0.5) is 22.0 Å². The third-order valence-corrected chi connectivity index (χ3v) is 7.75. The Morgan fingerprint density at radius 2 is 0.727 bits per heavy atom. The van der Waals surface area contributed by atoms with Gasteiger partial charge in [-0.1, -0.05) is 53.7 Å². The lowest BCUT2D eigenvalue weighted by Crippen LogP contribution is -2.26. The molecule has 0 spiro atoms. The van der Waals surface area contributed by atoms with Crippen LogP contribution in [-0.2, 0) is 22.9 Å². The van der Waals surface area contributed by atoms with Gasteiger partial charge in [-0.25, -0.2) is 17.9 Å². The molecule has 0 saturated heterocycles. The van der Waals surface area contributed by atoms with Crippen LogP contribution in [0.3, 0.4) is 0 Å². The number of benzene rings is 3. The minimum absolute atomic E-state index is 0.0353. The van der Waals surface area contributed by atoms with Crippen molar-refractivity contribution in [1.29, 1.82) is 0 Å². The lowest BCUT2D eigenvalue weighted by molar-refractivity contribution is -0.137. The second-order valence-electron chi connectivity index (χ2n) is 13.1. The maximum absolute atomic E-state index is 14.1. The molecule has 0 aliphatic rings. The van der Waals surface area contributed by atoms with Crippen LogP contribution in [0.2, 0.25) is 0 Å². The number of hydrogen-bond donors (Lipinski definition) is 0. The topological polar surface area (TPSA) is 78.1 Å². The van der Waals surface area contributed by atoms with E-state index in [1.54, 1.807) is 41.5 Å². The second-order valence-corrected chi connectivity index (χ2v) is 13.1. The van der Waals surface area contributed by atoms with Gasteiger partial charge in [-0.05, 0) is 58.4 Å². The fraction of sp³-hybridized carbons (Fsp3) is 0.333. The highest BCUT2D eigenvalue weighted by Crippen LogP contribution is 2.40. The Balaban J connectivity index is 1.99. The van der Waals surface area contributed by atoms with E-state index in [0.29, 0.717) is 0 Å². The summed E-state index contributed by atoms with van der Waals surface area (Å²) < 4.78 is 69.0. The van der Waals surface area contributed by atoms with Gasteiger partial charge in [0.15, 0.2) is 0 Å². The largest absolute Gasteiger partial charge is 0.416 e. The number of aromatic nitrogens is 2. The minimum atomic E-state index is -4.63. The first kappa shape index (κ1) is 31.0. The molecule has 0 bridgehead atoms. The molecule has 6 nitrogen and oxygen atoms in total. The average molecular weight is 613 g/mol. The van der Waals surface area contributed by atoms with Crippen molar-refractivity contribution >= 4 is 21.5 Å². The summed E-state index contributed by atoms with van der Waals surface area (Å²) in [4.78, 5) is 56.5. The fourth-order valence-corrected chi connectivity index (χ4v) is 5.91. The van der Waals surface area contributed by atoms with Crippen LogP contribution in [0.5, 0.6) is 0 Å². The van der Waals surface area contributed by atoms with Gasteiger partial charge < -0.3 is 0 Å². The summed E-state index contributed by atoms with van der Waals surface area (Å²) in [5.74, 6) is -3.15. The number of nitrogens with zero attached hydrogens (tertiary/aromatic N) is 2. The summed E-state index contributed by atoms with van der Waals surface area (Å²) in [6.07, 6.45) is -4.63. The Morgan fingerprint density at radius 3 is 0.955 bits per heavy atom. The molecule has 0 aliphatic heterocycles. The molecule has 0 fully saturated rings. The summed E-state index contributed by atoms with van der Waals surface area (Å²) in [6, 6.07) is 8.26. The van der Waals surface area contributed by atoms with Gasteiger partial charge in [0.25, 0.3) is 28.2 Å². The second kappa shape index (κ2) is 9.54. The molecule has 2 heterocycles. The molecule has 11 heteroatoms. The van der Waals surface area contributed by atoms with E-state index in [9.17, 15) is 41.1 Å². The zero-order valence-corrected chi connectivity index (χ0v) is 25.0. The molecule has 0 aliphatic carbocycles. The molecular weight excluding hydrogens is 583 g/mol. The monoisotopic (exact) mass is 612 g/mol. The lowest BCUT2D eigenvalue weighted by Gasteiger charge is -2.26. The van der Waals surface area contributed by atoms with E-state index in [1.165, 1.54) is 12.1 Å². The maximum atomic E-state index is 14.1. The van der Waals surface area contributed by atoms with Gasteiger partial charge in [0, 0.05) is 12.5 Å². The molecule has 44 heavy (non-hydrogen) atoms. The predicted molar refractivity (Wildman–Crippen MR) is 160 cm³/mol. The SMILES string of the molecule is CC(C)(C)c1c2c(=O)n(-c3ccc(C(C)(F)F)cc3)c(=O)c2c(C(C)(C)C)c2c(=O)n(-c3ccc(C(F)(F)F)cc3)c(=O)c12. The highest BCUT2D eigenvalue weighted by atomic mass is 19.4. The summed E-state index contributed by atoms with van der Waals surface area (Å²) >= 11 is 0. The highest BCUT2D eigenvalue weighted by molar-refractivity contribution is 6.07. The summed E-state index contributed by atoms with van der Waals surface area (Å²) in [6.45, 7) is 11.0. The molecule has 0 radical (unpaired) electrons. The number of alkyl halides is 5. The van der Waals surface area contributed by atoms with Crippen LogP contribution < -0.4 is 22.2 Å². The van der Waals surface area contributed by atoms with Crippen molar-refractivity contribution in [3.05, 3.63) is 112 Å². The number of fused-ring (bicyclic) bond motifs is 2. The van der Waals surface area contributed by atoms with Crippen LogP contribution in [0.1, 0.15) is 70.7 Å². The molecule has 0 amide bonds. The van der Waals surface area contributed by atoms with Crippen LogP contribution in [0.15, 0.2) is 67.7 Å². The first-order chi connectivity index (χ1) is 20.1. The minimum Gasteiger partial charge on any atom is -0.268 e.